The average Bonchev–Trinajstić information content (AvgIpc) is 3.19. The average molecular weight is 351 g/mol. The van der Waals surface area contributed by atoms with Gasteiger partial charge in [0, 0.05) is 19.3 Å². The van der Waals surface area contributed by atoms with Crippen LogP contribution < -0.4 is 5.32 Å². The highest BCUT2D eigenvalue weighted by Crippen LogP contribution is 2.34. The van der Waals surface area contributed by atoms with Crippen molar-refractivity contribution >= 4 is 22.8 Å². The molecule has 4 rings (SSSR count). The van der Waals surface area contributed by atoms with Gasteiger partial charge in [-0.05, 0) is 42.7 Å². The van der Waals surface area contributed by atoms with Crippen LogP contribution in [0.2, 0.25) is 0 Å². The van der Waals surface area contributed by atoms with Crippen molar-refractivity contribution in [3.8, 4) is 0 Å². The maximum Gasteiger partial charge on any atom is 0.321 e. The molecule has 0 spiro atoms. The first-order valence-electron chi connectivity index (χ1n) is 8.60. The van der Waals surface area contributed by atoms with E-state index in [4.69, 9.17) is 0 Å². The number of aliphatic hydroxyl groups is 1. The Morgan fingerprint density at radius 1 is 1.27 bits per heavy atom. The van der Waals surface area contributed by atoms with E-state index in [2.05, 4.69) is 15.6 Å². The van der Waals surface area contributed by atoms with Gasteiger partial charge in [-0.3, -0.25) is 0 Å². The summed E-state index contributed by atoms with van der Waals surface area (Å²) in [5, 5.41) is 21.9. The third-order valence-corrected chi connectivity index (χ3v) is 5.04. The number of amides is 2. The SMILES string of the molecule is Cc1ccccc1[C@@]1(O)CCN(C(=O)Nc2ccc3c(c2)nnn3C)C1. The molecule has 1 saturated heterocycles. The molecule has 7 nitrogen and oxygen atoms in total. The molecule has 0 saturated carbocycles. The number of aryl methyl sites for hydroxylation is 2. The smallest absolute Gasteiger partial charge is 0.321 e. The lowest BCUT2D eigenvalue weighted by Crippen LogP contribution is -2.37. The Bertz CT molecular complexity index is 983. The Morgan fingerprint density at radius 2 is 2.08 bits per heavy atom. The van der Waals surface area contributed by atoms with Crippen molar-refractivity contribution in [1.29, 1.82) is 0 Å². The lowest BCUT2D eigenvalue weighted by atomic mass is 9.89. The molecule has 0 unspecified atom stereocenters. The number of fused-ring (bicyclic) bond motifs is 1. The summed E-state index contributed by atoms with van der Waals surface area (Å²) in [7, 11) is 1.82. The number of β-amino-alcohol motifs (C(OH)–C–C–N with tert-alkyl or cyclic N) is 1. The number of carbonyl (C=O) groups excluding carboxylic acids is 1. The van der Waals surface area contributed by atoms with Crippen LogP contribution in [0.3, 0.4) is 0 Å². The van der Waals surface area contributed by atoms with Gasteiger partial charge in [0.15, 0.2) is 0 Å². The number of urea groups is 1. The Hall–Kier alpha value is -2.93. The molecule has 1 aliphatic heterocycles. The van der Waals surface area contributed by atoms with E-state index in [0.717, 1.165) is 22.2 Å². The van der Waals surface area contributed by atoms with Crippen LogP contribution >= 0.6 is 0 Å². The van der Waals surface area contributed by atoms with Crippen molar-refractivity contribution in [1.82, 2.24) is 19.9 Å². The molecule has 0 radical (unpaired) electrons. The summed E-state index contributed by atoms with van der Waals surface area (Å²) >= 11 is 0. The summed E-state index contributed by atoms with van der Waals surface area (Å²) in [5.41, 5.74) is 3.20. The molecule has 1 atom stereocenters. The first kappa shape index (κ1) is 16.5. The molecule has 2 aromatic carbocycles. The highest BCUT2D eigenvalue weighted by atomic mass is 16.3. The first-order valence-corrected chi connectivity index (χ1v) is 8.60. The zero-order chi connectivity index (χ0) is 18.3. The minimum atomic E-state index is -1.00. The van der Waals surface area contributed by atoms with E-state index >= 15 is 0 Å². The number of rotatable bonds is 2. The van der Waals surface area contributed by atoms with Crippen LogP contribution in [0, 0.1) is 6.92 Å². The van der Waals surface area contributed by atoms with Gasteiger partial charge in [-0.25, -0.2) is 9.48 Å². The van der Waals surface area contributed by atoms with Crippen LogP contribution in [0.25, 0.3) is 11.0 Å². The molecule has 134 valence electrons. The van der Waals surface area contributed by atoms with Gasteiger partial charge in [0.2, 0.25) is 0 Å². The lowest BCUT2D eigenvalue weighted by molar-refractivity contribution is 0.0494. The van der Waals surface area contributed by atoms with Gasteiger partial charge in [-0.2, -0.15) is 0 Å². The van der Waals surface area contributed by atoms with Crippen LogP contribution in [-0.2, 0) is 12.6 Å². The Labute approximate surface area is 151 Å². The molecule has 2 N–H and O–H groups in total. The Morgan fingerprint density at radius 3 is 2.88 bits per heavy atom. The molecule has 1 aromatic heterocycles. The summed E-state index contributed by atoms with van der Waals surface area (Å²) in [6.45, 7) is 2.76. The van der Waals surface area contributed by atoms with Gasteiger partial charge in [-0.15, -0.1) is 5.10 Å². The normalized spacial score (nSPS) is 19.9. The summed E-state index contributed by atoms with van der Waals surface area (Å²) in [6.07, 6.45) is 0.522. The van der Waals surface area contributed by atoms with E-state index in [0.29, 0.717) is 18.7 Å². The van der Waals surface area contributed by atoms with Crippen LogP contribution in [0.5, 0.6) is 0 Å². The third-order valence-electron chi connectivity index (χ3n) is 5.04. The van der Waals surface area contributed by atoms with E-state index in [1.807, 2.05) is 50.4 Å². The van der Waals surface area contributed by atoms with Gasteiger partial charge in [-0.1, -0.05) is 29.5 Å². The fraction of sp³-hybridized carbons (Fsp3) is 0.316. The number of aromatic nitrogens is 3. The van der Waals surface area contributed by atoms with Crippen molar-refractivity contribution in [2.24, 2.45) is 7.05 Å². The zero-order valence-electron chi connectivity index (χ0n) is 14.8. The van der Waals surface area contributed by atoms with Crippen molar-refractivity contribution in [3.63, 3.8) is 0 Å². The van der Waals surface area contributed by atoms with Gasteiger partial charge in [0.05, 0.1) is 12.1 Å². The van der Waals surface area contributed by atoms with E-state index in [1.54, 1.807) is 15.6 Å². The molecule has 3 aromatic rings. The second-order valence-electron chi connectivity index (χ2n) is 6.86. The second kappa shape index (κ2) is 6.10. The molecule has 0 aliphatic carbocycles. The molecular weight excluding hydrogens is 330 g/mol. The minimum absolute atomic E-state index is 0.224. The fourth-order valence-electron chi connectivity index (χ4n) is 3.60. The number of anilines is 1. The van der Waals surface area contributed by atoms with Crippen LogP contribution in [0.4, 0.5) is 10.5 Å². The molecule has 1 fully saturated rings. The van der Waals surface area contributed by atoms with Gasteiger partial charge < -0.3 is 15.3 Å². The number of nitrogens with zero attached hydrogens (tertiary/aromatic N) is 4. The molecule has 1 aliphatic rings. The van der Waals surface area contributed by atoms with E-state index in [-0.39, 0.29) is 12.6 Å². The molecule has 2 amide bonds. The van der Waals surface area contributed by atoms with Crippen molar-refractivity contribution < 1.29 is 9.90 Å². The molecule has 7 heteroatoms. The Kier molecular flexibility index (Phi) is 3.88. The first-order chi connectivity index (χ1) is 12.5. The van der Waals surface area contributed by atoms with Crippen molar-refractivity contribution in [2.45, 2.75) is 18.9 Å². The number of benzene rings is 2. The van der Waals surface area contributed by atoms with Crippen LogP contribution in [0.15, 0.2) is 42.5 Å². The van der Waals surface area contributed by atoms with Crippen molar-refractivity contribution in [2.75, 3.05) is 18.4 Å². The predicted molar refractivity (Wildman–Crippen MR) is 98.8 cm³/mol. The highest BCUT2D eigenvalue weighted by molar-refractivity contribution is 5.92. The van der Waals surface area contributed by atoms with Gasteiger partial charge >= 0.3 is 6.03 Å². The topological polar surface area (TPSA) is 83.3 Å². The third kappa shape index (κ3) is 2.80. The number of nitrogens with one attached hydrogen (secondary N) is 1. The predicted octanol–water partition coefficient (Wildman–Crippen LogP) is 2.40. The number of hydrogen-bond acceptors (Lipinski definition) is 4. The zero-order valence-corrected chi connectivity index (χ0v) is 14.8. The fourth-order valence-corrected chi connectivity index (χ4v) is 3.60. The van der Waals surface area contributed by atoms with Gasteiger partial charge in [0.25, 0.3) is 0 Å². The Balaban J connectivity index is 1.49. The summed E-state index contributed by atoms with van der Waals surface area (Å²) in [4.78, 5) is 14.3. The quantitative estimate of drug-likeness (QED) is 0.743. The van der Waals surface area contributed by atoms with Crippen molar-refractivity contribution in [3.05, 3.63) is 53.6 Å². The maximum atomic E-state index is 12.6. The highest BCUT2D eigenvalue weighted by Gasteiger charge is 2.40. The minimum Gasteiger partial charge on any atom is -0.383 e. The molecular formula is C19H21N5O2. The molecule has 0 bridgehead atoms. The summed E-state index contributed by atoms with van der Waals surface area (Å²) < 4.78 is 1.68. The molecule has 2 heterocycles. The monoisotopic (exact) mass is 351 g/mol. The van der Waals surface area contributed by atoms with Crippen LogP contribution in [0.1, 0.15) is 17.5 Å². The lowest BCUT2D eigenvalue weighted by Gasteiger charge is -2.25. The van der Waals surface area contributed by atoms with E-state index in [1.165, 1.54) is 0 Å². The summed E-state index contributed by atoms with van der Waals surface area (Å²) in [5.74, 6) is 0. The van der Waals surface area contributed by atoms with Crippen LogP contribution in [-0.4, -0.2) is 44.1 Å². The maximum absolute atomic E-state index is 12.6. The summed E-state index contributed by atoms with van der Waals surface area (Å²) in [6, 6.07) is 13.0. The van der Waals surface area contributed by atoms with Gasteiger partial charge in [0.1, 0.15) is 11.1 Å². The number of likely N-dealkylation sites (tertiary alicyclic amines) is 1. The molecule has 26 heavy (non-hydrogen) atoms. The second-order valence-corrected chi connectivity index (χ2v) is 6.86. The number of hydrogen-bond donors (Lipinski definition) is 2. The van der Waals surface area contributed by atoms with E-state index in [9.17, 15) is 9.90 Å². The van der Waals surface area contributed by atoms with E-state index < -0.39 is 5.60 Å². The number of carbonyl (C=O) groups is 1. The largest absolute Gasteiger partial charge is 0.383 e. The standard InChI is InChI=1S/C19H21N5O2/c1-13-5-3-4-6-15(13)19(26)9-10-24(12-19)18(25)20-14-7-8-17-16(11-14)21-22-23(17)2/h3-8,11,26H,9-10,12H2,1-2H3,(H,20,25)/t19-/m1/s1.